The summed E-state index contributed by atoms with van der Waals surface area (Å²) in [6.45, 7) is 4.77. The Morgan fingerprint density at radius 1 is 1.33 bits per heavy atom. The van der Waals surface area contributed by atoms with Crippen LogP contribution in [0.1, 0.15) is 24.7 Å². The predicted molar refractivity (Wildman–Crippen MR) is 69.6 cm³/mol. The van der Waals surface area contributed by atoms with Crippen molar-refractivity contribution in [3.8, 4) is 0 Å². The summed E-state index contributed by atoms with van der Waals surface area (Å²) in [6.07, 6.45) is 0.787. The second kappa shape index (κ2) is 4.49. The number of hydroxylamine groups is 1. The number of nitrogens with zero attached hydrogens (tertiary/aromatic N) is 3. The molecule has 0 spiro atoms. The number of quaternary nitrogens is 1. The van der Waals surface area contributed by atoms with Gasteiger partial charge in [0.15, 0.2) is 5.69 Å². The second-order valence-electron chi connectivity index (χ2n) is 6.10. The Morgan fingerprint density at radius 3 is 2.86 bits per heavy atom. The number of fused-ring (bicyclic) bond motifs is 3. The number of ether oxygens (including phenoxy) is 1. The number of aliphatic hydroxyl groups is 1. The highest BCUT2D eigenvalue weighted by molar-refractivity contribution is 5.92. The lowest BCUT2D eigenvalue weighted by Gasteiger charge is -2.31. The van der Waals surface area contributed by atoms with Gasteiger partial charge in [-0.05, 0) is 6.92 Å². The second-order valence-corrected chi connectivity index (χ2v) is 6.10. The fraction of sp³-hybridized carbons (Fsp3) is 0.769. The quantitative estimate of drug-likeness (QED) is 0.461. The molecule has 2 N–H and O–H groups in total. The number of aryl methyl sites for hydroxylation is 1. The van der Waals surface area contributed by atoms with Crippen LogP contribution in [0.5, 0.6) is 0 Å². The minimum atomic E-state index is -1.34. The lowest BCUT2D eigenvalue weighted by molar-refractivity contribution is -1.01. The summed E-state index contributed by atoms with van der Waals surface area (Å²) in [5.74, 6) is -0.260. The number of hydrogen-bond donors (Lipinski definition) is 2. The summed E-state index contributed by atoms with van der Waals surface area (Å²) in [6, 6.07) is 0. The van der Waals surface area contributed by atoms with Gasteiger partial charge in [-0.25, -0.2) is 4.63 Å². The number of morpholine rings is 1. The zero-order valence-corrected chi connectivity index (χ0v) is 11.9. The third-order valence-corrected chi connectivity index (χ3v) is 5.16. The summed E-state index contributed by atoms with van der Waals surface area (Å²) >= 11 is 0. The minimum Gasteiger partial charge on any atom is -0.619 e. The molecule has 114 valence electrons. The van der Waals surface area contributed by atoms with E-state index in [4.69, 9.17) is 9.37 Å². The molecule has 1 aromatic rings. The fourth-order valence-electron chi connectivity index (χ4n) is 4.03. The summed E-state index contributed by atoms with van der Waals surface area (Å²) in [5, 5.41) is 31.7. The van der Waals surface area contributed by atoms with Crippen molar-refractivity contribution in [3.05, 3.63) is 16.6 Å². The molecule has 8 heteroatoms. The van der Waals surface area contributed by atoms with Crippen LogP contribution in [0, 0.1) is 11.1 Å². The number of aromatic nitrogens is 2. The molecular weight excluding hydrogens is 276 g/mol. The van der Waals surface area contributed by atoms with Crippen molar-refractivity contribution in [2.45, 2.75) is 31.5 Å². The van der Waals surface area contributed by atoms with Gasteiger partial charge in [0, 0.05) is 12.8 Å². The maximum atomic E-state index is 12.8. The van der Waals surface area contributed by atoms with Crippen molar-refractivity contribution >= 4 is 5.71 Å². The molecule has 2 aliphatic heterocycles. The Hall–Kier alpha value is -1.51. The van der Waals surface area contributed by atoms with Crippen molar-refractivity contribution in [2.24, 2.45) is 5.92 Å². The molecule has 0 saturated carbocycles. The lowest BCUT2D eigenvalue weighted by atomic mass is 9.76. The topological polar surface area (TPSA) is 98.9 Å². The Labute approximate surface area is 121 Å². The molecule has 0 bridgehead atoms. The van der Waals surface area contributed by atoms with E-state index in [-0.39, 0.29) is 12.1 Å². The van der Waals surface area contributed by atoms with E-state index in [9.17, 15) is 10.3 Å². The Kier molecular flexibility index (Phi) is 2.82. The highest BCUT2D eigenvalue weighted by atomic mass is 16.6. The molecule has 1 fully saturated rings. The first-order chi connectivity index (χ1) is 10.1. The molecular formula is C13H19N4O4+. The van der Waals surface area contributed by atoms with Crippen molar-refractivity contribution in [1.82, 2.24) is 10.3 Å². The molecule has 8 nitrogen and oxygen atoms in total. The van der Waals surface area contributed by atoms with Crippen molar-refractivity contribution < 1.29 is 24.1 Å². The van der Waals surface area contributed by atoms with Crippen LogP contribution < -0.4 is 4.90 Å². The highest BCUT2D eigenvalue weighted by Crippen LogP contribution is 2.42. The highest BCUT2D eigenvalue weighted by Gasteiger charge is 2.64. The number of hydrogen-bond acceptors (Lipinski definition) is 6. The van der Waals surface area contributed by atoms with Crippen LogP contribution in [0.25, 0.3) is 0 Å². The first kappa shape index (κ1) is 13.2. The lowest BCUT2D eigenvalue weighted by Crippen LogP contribution is -3.19. The van der Waals surface area contributed by atoms with Crippen molar-refractivity contribution in [2.75, 3.05) is 26.3 Å². The molecule has 0 radical (unpaired) electrons. The fourth-order valence-corrected chi connectivity index (χ4v) is 4.03. The van der Waals surface area contributed by atoms with Gasteiger partial charge in [0.1, 0.15) is 24.7 Å². The van der Waals surface area contributed by atoms with E-state index in [1.807, 2.05) is 6.92 Å². The van der Waals surface area contributed by atoms with E-state index in [0.29, 0.717) is 43.2 Å². The Morgan fingerprint density at radius 2 is 2.10 bits per heavy atom. The molecule has 4 rings (SSSR count). The maximum absolute atomic E-state index is 12.8. The monoisotopic (exact) mass is 295 g/mol. The molecule has 0 unspecified atom stereocenters. The van der Waals surface area contributed by atoms with E-state index in [1.54, 1.807) is 0 Å². The summed E-state index contributed by atoms with van der Waals surface area (Å²) < 4.78 is 11.2. The summed E-state index contributed by atoms with van der Waals surface area (Å²) in [5.41, 5.74) is 0.249. The molecule has 21 heavy (non-hydrogen) atoms. The Balaban J connectivity index is 1.77. The van der Waals surface area contributed by atoms with Gasteiger partial charge in [0.05, 0.1) is 13.2 Å². The maximum Gasteiger partial charge on any atom is 0.294 e. The van der Waals surface area contributed by atoms with Crippen LogP contribution in [-0.4, -0.2) is 58.3 Å². The SMILES string of the molecule is C[C@H]1[C@@H]([NH+]2CCOCC2)[N+]([O-])=C2CCc3nonc3[C@@]21O. The standard InChI is InChI=1S/C13H18N4O4/c1-8-12(16-4-6-20-7-5-16)17(19)10-3-2-9-11(13(8,10)18)15-21-14-9/h8,12,18H,2-7H2,1H3/p+1/t8-,12-,13-/m0/s1. The van der Waals surface area contributed by atoms with Gasteiger partial charge < -0.3 is 15.1 Å². The van der Waals surface area contributed by atoms with Crippen molar-refractivity contribution in [1.29, 1.82) is 0 Å². The molecule has 3 heterocycles. The van der Waals surface area contributed by atoms with E-state index in [1.165, 1.54) is 0 Å². The first-order valence-corrected chi connectivity index (χ1v) is 7.43. The zero-order valence-electron chi connectivity index (χ0n) is 11.9. The number of rotatable bonds is 1. The van der Waals surface area contributed by atoms with Gasteiger partial charge in [-0.1, -0.05) is 10.3 Å². The van der Waals surface area contributed by atoms with E-state index in [0.717, 1.165) is 22.7 Å². The normalized spacial score (nSPS) is 36.7. The smallest absolute Gasteiger partial charge is 0.294 e. The molecule has 0 amide bonds. The first-order valence-electron chi connectivity index (χ1n) is 7.43. The van der Waals surface area contributed by atoms with Crippen LogP contribution in [0.4, 0.5) is 0 Å². The summed E-state index contributed by atoms with van der Waals surface area (Å²) in [4.78, 5) is 1.16. The zero-order chi connectivity index (χ0) is 14.6. The average molecular weight is 295 g/mol. The largest absolute Gasteiger partial charge is 0.619 e. The van der Waals surface area contributed by atoms with Gasteiger partial charge in [-0.15, -0.1) is 0 Å². The third kappa shape index (κ3) is 1.63. The van der Waals surface area contributed by atoms with Crippen LogP contribution in [0.2, 0.25) is 0 Å². The predicted octanol–water partition coefficient (Wildman–Crippen LogP) is -1.95. The van der Waals surface area contributed by atoms with Gasteiger partial charge >= 0.3 is 0 Å². The van der Waals surface area contributed by atoms with Gasteiger partial charge in [0.2, 0.25) is 11.3 Å². The molecule has 1 saturated heterocycles. The Bertz CT molecular complexity index is 595. The summed E-state index contributed by atoms with van der Waals surface area (Å²) in [7, 11) is 0. The molecule has 0 aromatic carbocycles. The molecule has 1 aromatic heterocycles. The van der Waals surface area contributed by atoms with Crippen LogP contribution in [0.15, 0.2) is 4.63 Å². The van der Waals surface area contributed by atoms with Crippen LogP contribution >= 0.6 is 0 Å². The van der Waals surface area contributed by atoms with Gasteiger partial charge in [-0.2, -0.15) is 4.74 Å². The molecule has 1 aliphatic carbocycles. The number of nitrogens with one attached hydrogen (secondary N) is 1. The van der Waals surface area contributed by atoms with E-state index >= 15 is 0 Å². The molecule has 3 atom stereocenters. The van der Waals surface area contributed by atoms with Crippen molar-refractivity contribution in [3.63, 3.8) is 0 Å². The average Bonchev–Trinajstić information content (AvgIpc) is 3.04. The van der Waals surface area contributed by atoms with E-state index < -0.39 is 5.60 Å². The van der Waals surface area contributed by atoms with Crippen LogP contribution in [-0.2, 0) is 16.8 Å². The van der Waals surface area contributed by atoms with Gasteiger partial charge in [0.25, 0.3) is 6.17 Å². The van der Waals surface area contributed by atoms with Gasteiger partial charge in [-0.3, -0.25) is 4.90 Å². The third-order valence-electron chi connectivity index (χ3n) is 5.16. The minimum absolute atomic E-state index is 0.260. The van der Waals surface area contributed by atoms with Crippen LogP contribution in [0.3, 0.4) is 0 Å². The molecule has 3 aliphatic rings. The van der Waals surface area contributed by atoms with E-state index in [2.05, 4.69) is 10.3 Å².